The summed E-state index contributed by atoms with van der Waals surface area (Å²) in [6.07, 6.45) is 3.85. The summed E-state index contributed by atoms with van der Waals surface area (Å²) in [5, 5.41) is 0.678. The van der Waals surface area contributed by atoms with Crippen LogP contribution >= 0.6 is 11.8 Å². The Labute approximate surface area is 92.7 Å². The van der Waals surface area contributed by atoms with Crippen LogP contribution in [0.3, 0.4) is 0 Å². The van der Waals surface area contributed by atoms with E-state index in [1.807, 2.05) is 0 Å². The molecule has 0 bridgehead atoms. The fourth-order valence-electron chi connectivity index (χ4n) is 0.837. The zero-order valence-corrected chi connectivity index (χ0v) is 9.33. The van der Waals surface area contributed by atoms with Crippen molar-refractivity contribution < 1.29 is 4.79 Å². The second-order valence-corrected chi connectivity index (χ2v) is 4.47. The van der Waals surface area contributed by atoms with E-state index in [2.05, 4.69) is 9.97 Å². The first-order valence-corrected chi connectivity index (χ1v) is 5.49. The van der Waals surface area contributed by atoms with Crippen LogP contribution in [-0.2, 0) is 4.79 Å². The van der Waals surface area contributed by atoms with Crippen molar-refractivity contribution in [2.75, 3.05) is 5.75 Å². The van der Waals surface area contributed by atoms with Crippen LogP contribution in [-0.4, -0.2) is 27.2 Å². The monoisotopic (exact) mass is 226 g/mol. The molecule has 4 N–H and O–H groups in total. The van der Waals surface area contributed by atoms with Gasteiger partial charge in [-0.3, -0.25) is 4.79 Å². The Morgan fingerprint density at radius 3 is 2.67 bits per heavy atom. The highest BCUT2D eigenvalue weighted by atomic mass is 32.2. The van der Waals surface area contributed by atoms with Crippen molar-refractivity contribution in [1.82, 2.24) is 9.97 Å². The van der Waals surface area contributed by atoms with Gasteiger partial charge in [0.05, 0.1) is 5.54 Å². The SMILES string of the molecule is CC(N)(CCSc1ncccn1)C(N)=O. The van der Waals surface area contributed by atoms with Crippen LogP contribution in [0, 0.1) is 0 Å². The van der Waals surface area contributed by atoms with Crippen LogP contribution in [0.2, 0.25) is 0 Å². The zero-order valence-electron chi connectivity index (χ0n) is 8.51. The number of primary amides is 1. The van der Waals surface area contributed by atoms with Crippen LogP contribution in [0.15, 0.2) is 23.6 Å². The lowest BCUT2D eigenvalue weighted by molar-refractivity contribution is -0.122. The minimum absolute atomic E-state index is 0.489. The molecule has 15 heavy (non-hydrogen) atoms. The van der Waals surface area contributed by atoms with E-state index >= 15 is 0 Å². The number of carbonyl (C=O) groups is 1. The van der Waals surface area contributed by atoms with Gasteiger partial charge in [-0.2, -0.15) is 0 Å². The number of hydrogen-bond acceptors (Lipinski definition) is 5. The number of aromatic nitrogens is 2. The summed E-state index contributed by atoms with van der Waals surface area (Å²) < 4.78 is 0. The number of carbonyl (C=O) groups excluding carboxylic acids is 1. The first-order valence-electron chi connectivity index (χ1n) is 4.51. The van der Waals surface area contributed by atoms with Gasteiger partial charge in [0.15, 0.2) is 5.16 Å². The van der Waals surface area contributed by atoms with E-state index in [0.29, 0.717) is 17.3 Å². The maximum absolute atomic E-state index is 10.9. The normalized spacial score (nSPS) is 14.5. The van der Waals surface area contributed by atoms with E-state index in [-0.39, 0.29) is 0 Å². The first kappa shape index (κ1) is 11.9. The standard InChI is InChI=1S/C9H14N4OS/c1-9(11,7(10)14)3-6-15-8-12-4-2-5-13-8/h2,4-5H,3,6,11H2,1H3,(H2,10,14). The van der Waals surface area contributed by atoms with E-state index < -0.39 is 11.4 Å². The second kappa shape index (κ2) is 5.09. The highest BCUT2D eigenvalue weighted by molar-refractivity contribution is 7.99. The fourth-order valence-corrected chi connectivity index (χ4v) is 1.82. The van der Waals surface area contributed by atoms with Crippen molar-refractivity contribution in [1.29, 1.82) is 0 Å². The summed E-state index contributed by atoms with van der Waals surface area (Å²) in [4.78, 5) is 19.0. The van der Waals surface area contributed by atoms with Gasteiger partial charge in [-0.25, -0.2) is 9.97 Å². The largest absolute Gasteiger partial charge is 0.368 e. The van der Waals surface area contributed by atoms with Gasteiger partial charge in [0, 0.05) is 18.1 Å². The van der Waals surface area contributed by atoms with E-state index in [9.17, 15) is 4.79 Å². The summed E-state index contributed by atoms with van der Waals surface area (Å²) >= 11 is 1.45. The number of thioether (sulfide) groups is 1. The van der Waals surface area contributed by atoms with Gasteiger partial charge in [0.1, 0.15) is 0 Å². The van der Waals surface area contributed by atoms with Crippen LogP contribution in [0.5, 0.6) is 0 Å². The quantitative estimate of drug-likeness (QED) is 0.551. The van der Waals surface area contributed by atoms with Crippen molar-refractivity contribution in [2.45, 2.75) is 24.0 Å². The van der Waals surface area contributed by atoms with Gasteiger partial charge < -0.3 is 11.5 Å². The van der Waals surface area contributed by atoms with Gasteiger partial charge in [-0.05, 0) is 19.4 Å². The molecule has 0 saturated carbocycles. The van der Waals surface area contributed by atoms with Crippen molar-refractivity contribution in [3.63, 3.8) is 0 Å². The third-order valence-corrected chi connectivity index (χ3v) is 2.83. The van der Waals surface area contributed by atoms with Gasteiger partial charge >= 0.3 is 0 Å². The van der Waals surface area contributed by atoms with Crippen molar-refractivity contribution in [3.05, 3.63) is 18.5 Å². The zero-order chi connectivity index (χ0) is 11.3. The summed E-state index contributed by atoms with van der Waals surface area (Å²) in [5.74, 6) is 0.178. The maximum Gasteiger partial charge on any atom is 0.237 e. The molecule has 0 spiro atoms. The molecule has 0 aromatic carbocycles. The summed E-state index contributed by atoms with van der Waals surface area (Å²) in [6.45, 7) is 1.63. The smallest absolute Gasteiger partial charge is 0.237 e. The Kier molecular flexibility index (Phi) is 4.05. The number of hydrogen-bond donors (Lipinski definition) is 2. The van der Waals surface area contributed by atoms with Crippen LogP contribution < -0.4 is 11.5 Å². The van der Waals surface area contributed by atoms with E-state index in [4.69, 9.17) is 11.5 Å². The van der Waals surface area contributed by atoms with E-state index in [1.165, 1.54) is 11.8 Å². The highest BCUT2D eigenvalue weighted by Crippen LogP contribution is 2.16. The summed E-state index contributed by atoms with van der Waals surface area (Å²) in [7, 11) is 0. The Morgan fingerprint density at radius 2 is 2.13 bits per heavy atom. The topological polar surface area (TPSA) is 94.9 Å². The lowest BCUT2D eigenvalue weighted by atomic mass is 10.0. The molecule has 1 atom stereocenters. The molecule has 1 rings (SSSR count). The number of nitrogens with two attached hydrogens (primary N) is 2. The van der Waals surface area contributed by atoms with E-state index in [0.717, 1.165) is 0 Å². The van der Waals surface area contributed by atoms with E-state index in [1.54, 1.807) is 25.4 Å². The Morgan fingerprint density at radius 1 is 1.53 bits per heavy atom. The Hall–Kier alpha value is -1.14. The number of nitrogens with zero attached hydrogens (tertiary/aromatic N) is 2. The van der Waals surface area contributed by atoms with Gasteiger partial charge in [-0.1, -0.05) is 11.8 Å². The number of rotatable bonds is 5. The molecule has 1 aromatic heterocycles. The first-order chi connectivity index (χ1) is 7.02. The lowest BCUT2D eigenvalue weighted by Crippen LogP contribution is -2.49. The predicted molar refractivity (Wildman–Crippen MR) is 59.2 cm³/mol. The molecular formula is C9H14N4OS. The maximum atomic E-state index is 10.9. The molecule has 82 valence electrons. The minimum atomic E-state index is -0.957. The third kappa shape index (κ3) is 3.85. The highest BCUT2D eigenvalue weighted by Gasteiger charge is 2.24. The van der Waals surface area contributed by atoms with Gasteiger partial charge in [-0.15, -0.1) is 0 Å². The van der Waals surface area contributed by atoms with Crippen molar-refractivity contribution in [2.24, 2.45) is 11.5 Å². The molecule has 0 radical (unpaired) electrons. The Bertz CT molecular complexity index is 328. The lowest BCUT2D eigenvalue weighted by Gasteiger charge is -2.19. The third-order valence-electron chi connectivity index (χ3n) is 1.96. The average molecular weight is 226 g/mol. The molecule has 1 aromatic rings. The van der Waals surface area contributed by atoms with Crippen LogP contribution in [0.4, 0.5) is 0 Å². The molecule has 1 heterocycles. The molecule has 5 nitrogen and oxygen atoms in total. The molecule has 0 aliphatic heterocycles. The average Bonchev–Trinajstić information content (AvgIpc) is 2.19. The fraction of sp³-hybridized carbons (Fsp3) is 0.444. The molecule has 0 aliphatic rings. The number of amides is 1. The van der Waals surface area contributed by atoms with Gasteiger partial charge in [0.25, 0.3) is 0 Å². The van der Waals surface area contributed by atoms with Crippen LogP contribution in [0.25, 0.3) is 0 Å². The summed E-state index contributed by atoms with van der Waals surface area (Å²) in [6, 6.07) is 1.75. The van der Waals surface area contributed by atoms with Gasteiger partial charge in [0.2, 0.25) is 5.91 Å². The minimum Gasteiger partial charge on any atom is -0.368 e. The summed E-state index contributed by atoms with van der Waals surface area (Å²) in [5.41, 5.74) is 9.88. The predicted octanol–water partition coefficient (Wildman–Crippen LogP) is 0.162. The Balaban J connectivity index is 2.37. The molecule has 1 amide bonds. The molecule has 0 fully saturated rings. The molecule has 1 unspecified atom stereocenters. The molecule has 0 saturated heterocycles. The van der Waals surface area contributed by atoms with Crippen LogP contribution in [0.1, 0.15) is 13.3 Å². The van der Waals surface area contributed by atoms with Crippen molar-refractivity contribution in [3.8, 4) is 0 Å². The molecular weight excluding hydrogens is 212 g/mol. The second-order valence-electron chi connectivity index (χ2n) is 3.41. The van der Waals surface area contributed by atoms with Crippen molar-refractivity contribution >= 4 is 17.7 Å². The molecule has 6 heteroatoms. The molecule has 0 aliphatic carbocycles.